The second-order valence-corrected chi connectivity index (χ2v) is 5.63. The molecule has 0 radical (unpaired) electrons. The van der Waals surface area contributed by atoms with Gasteiger partial charge in [-0.25, -0.2) is 8.42 Å². The average molecular weight is 253 g/mol. The van der Waals surface area contributed by atoms with Crippen molar-refractivity contribution in [1.29, 1.82) is 0 Å². The van der Waals surface area contributed by atoms with Gasteiger partial charge in [0.15, 0.2) is 0 Å². The highest BCUT2D eigenvalue weighted by atomic mass is 32.2. The highest BCUT2D eigenvalue weighted by molar-refractivity contribution is 7.71. The molecular formula is C13H19NO2S. The zero-order chi connectivity index (χ0) is 12.1. The van der Waals surface area contributed by atoms with Crippen LogP contribution in [0.15, 0.2) is 24.3 Å². The van der Waals surface area contributed by atoms with Crippen LogP contribution in [0.2, 0.25) is 0 Å². The zero-order valence-electron chi connectivity index (χ0n) is 9.97. The van der Waals surface area contributed by atoms with Crippen LogP contribution >= 0.6 is 0 Å². The second kappa shape index (κ2) is 6.17. The van der Waals surface area contributed by atoms with Gasteiger partial charge in [0.1, 0.15) is 10.7 Å². The summed E-state index contributed by atoms with van der Waals surface area (Å²) in [5, 5.41) is 0. The van der Waals surface area contributed by atoms with Gasteiger partial charge in [-0.3, -0.25) is 4.90 Å². The second-order valence-electron chi connectivity index (χ2n) is 4.64. The Morgan fingerprint density at radius 3 is 2.12 bits per heavy atom. The van der Waals surface area contributed by atoms with E-state index in [1.165, 1.54) is 37.9 Å². The lowest BCUT2D eigenvalue weighted by Gasteiger charge is -2.26. The fourth-order valence-corrected chi connectivity index (χ4v) is 2.78. The zero-order valence-corrected chi connectivity index (χ0v) is 10.9. The lowest BCUT2D eigenvalue weighted by atomic mass is 10.1. The first-order chi connectivity index (χ1) is 8.24. The van der Waals surface area contributed by atoms with Crippen molar-refractivity contribution < 1.29 is 8.42 Å². The van der Waals surface area contributed by atoms with E-state index in [4.69, 9.17) is 0 Å². The fourth-order valence-electron chi connectivity index (χ4n) is 2.27. The largest absolute Gasteiger partial charge is 0.299 e. The standard InChI is InChI=1S/C13H19NO2S/c15-17(16)11-13-6-4-12(5-7-13)10-14-8-2-1-3-9-14/h4-7,17H,1-3,8-11H2. The van der Waals surface area contributed by atoms with E-state index in [1.807, 2.05) is 24.3 Å². The van der Waals surface area contributed by atoms with Crippen LogP contribution in [0.5, 0.6) is 0 Å². The Balaban J connectivity index is 1.92. The minimum atomic E-state index is -2.31. The first-order valence-corrected chi connectivity index (χ1v) is 7.52. The van der Waals surface area contributed by atoms with E-state index in [-0.39, 0.29) is 5.75 Å². The third-order valence-electron chi connectivity index (χ3n) is 3.19. The van der Waals surface area contributed by atoms with E-state index < -0.39 is 10.7 Å². The quantitative estimate of drug-likeness (QED) is 0.831. The number of hydrogen-bond acceptors (Lipinski definition) is 3. The summed E-state index contributed by atoms with van der Waals surface area (Å²) in [6, 6.07) is 7.93. The molecule has 0 saturated carbocycles. The van der Waals surface area contributed by atoms with E-state index >= 15 is 0 Å². The summed E-state index contributed by atoms with van der Waals surface area (Å²) >= 11 is 0. The van der Waals surface area contributed by atoms with Crippen LogP contribution in [0, 0.1) is 0 Å². The average Bonchev–Trinajstić information content (AvgIpc) is 2.32. The van der Waals surface area contributed by atoms with Crippen molar-refractivity contribution in [2.75, 3.05) is 13.1 Å². The fraction of sp³-hybridized carbons (Fsp3) is 0.538. The van der Waals surface area contributed by atoms with Gasteiger partial charge in [0.05, 0.1) is 5.75 Å². The van der Waals surface area contributed by atoms with Gasteiger partial charge in [-0.1, -0.05) is 30.7 Å². The Hall–Kier alpha value is -0.870. The van der Waals surface area contributed by atoms with Crippen LogP contribution < -0.4 is 0 Å². The number of rotatable bonds is 4. The smallest absolute Gasteiger partial charge is 0.144 e. The summed E-state index contributed by atoms with van der Waals surface area (Å²) in [4.78, 5) is 2.46. The Morgan fingerprint density at radius 1 is 0.941 bits per heavy atom. The van der Waals surface area contributed by atoms with Crippen molar-refractivity contribution >= 4 is 10.7 Å². The topological polar surface area (TPSA) is 37.4 Å². The number of likely N-dealkylation sites (tertiary alicyclic amines) is 1. The molecule has 4 heteroatoms. The van der Waals surface area contributed by atoms with Gasteiger partial charge in [0, 0.05) is 6.54 Å². The van der Waals surface area contributed by atoms with Crippen molar-refractivity contribution in [3.05, 3.63) is 35.4 Å². The molecule has 0 amide bonds. The van der Waals surface area contributed by atoms with Crippen LogP contribution in [0.1, 0.15) is 30.4 Å². The highest BCUT2D eigenvalue weighted by Crippen LogP contribution is 2.13. The minimum absolute atomic E-state index is 0.152. The van der Waals surface area contributed by atoms with Crippen molar-refractivity contribution in [3.63, 3.8) is 0 Å². The van der Waals surface area contributed by atoms with Crippen molar-refractivity contribution in [2.24, 2.45) is 0 Å². The molecule has 0 aromatic heterocycles. The van der Waals surface area contributed by atoms with Crippen LogP contribution in [-0.4, -0.2) is 26.4 Å². The van der Waals surface area contributed by atoms with E-state index in [9.17, 15) is 8.42 Å². The maximum absolute atomic E-state index is 10.6. The molecule has 1 aliphatic heterocycles. The number of thiol groups is 1. The van der Waals surface area contributed by atoms with E-state index in [0.29, 0.717) is 0 Å². The van der Waals surface area contributed by atoms with Crippen molar-refractivity contribution in [2.45, 2.75) is 31.6 Å². The first-order valence-electron chi connectivity index (χ1n) is 6.16. The molecule has 94 valence electrons. The van der Waals surface area contributed by atoms with Gasteiger partial charge in [-0.05, 0) is 37.1 Å². The van der Waals surface area contributed by atoms with Crippen LogP contribution in [0.3, 0.4) is 0 Å². The summed E-state index contributed by atoms with van der Waals surface area (Å²) in [5.41, 5.74) is 2.15. The molecule has 1 saturated heterocycles. The van der Waals surface area contributed by atoms with Gasteiger partial charge >= 0.3 is 0 Å². The molecule has 1 heterocycles. The number of hydrogen-bond donors (Lipinski definition) is 1. The molecular weight excluding hydrogens is 234 g/mol. The van der Waals surface area contributed by atoms with Crippen molar-refractivity contribution in [1.82, 2.24) is 4.90 Å². The molecule has 0 spiro atoms. The normalized spacial score (nSPS) is 17.5. The van der Waals surface area contributed by atoms with E-state index in [2.05, 4.69) is 4.90 Å². The van der Waals surface area contributed by atoms with Crippen LogP contribution in [0.25, 0.3) is 0 Å². The van der Waals surface area contributed by atoms with Gasteiger partial charge in [-0.2, -0.15) is 0 Å². The molecule has 17 heavy (non-hydrogen) atoms. The van der Waals surface area contributed by atoms with Gasteiger partial charge in [0.25, 0.3) is 0 Å². The summed E-state index contributed by atoms with van der Waals surface area (Å²) in [7, 11) is -2.31. The molecule has 0 bridgehead atoms. The molecule has 1 aromatic rings. The van der Waals surface area contributed by atoms with Gasteiger partial charge in [0.2, 0.25) is 0 Å². The molecule has 0 atom stereocenters. The Kier molecular flexibility index (Phi) is 4.57. The van der Waals surface area contributed by atoms with Crippen LogP contribution in [0.4, 0.5) is 0 Å². The minimum Gasteiger partial charge on any atom is -0.299 e. The molecule has 1 aromatic carbocycles. The molecule has 0 N–H and O–H groups in total. The summed E-state index contributed by atoms with van der Waals surface area (Å²) < 4.78 is 21.2. The lowest BCUT2D eigenvalue weighted by Crippen LogP contribution is -2.29. The maximum Gasteiger partial charge on any atom is 0.144 e. The Bertz CT molecular complexity index is 412. The monoisotopic (exact) mass is 253 g/mol. The SMILES string of the molecule is O=[SH](=O)Cc1ccc(CN2CCCCC2)cc1. The Morgan fingerprint density at radius 2 is 1.53 bits per heavy atom. The lowest BCUT2D eigenvalue weighted by molar-refractivity contribution is 0.221. The molecule has 1 fully saturated rings. The molecule has 0 unspecified atom stereocenters. The third-order valence-corrected chi connectivity index (χ3v) is 3.81. The van der Waals surface area contributed by atoms with Crippen LogP contribution in [-0.2, 0) is 23.0 Å². The molecule has 1 aliphatic rings. The molecule has 2 rings (SSSR count). The molecule has 3 nitrogen and oxygen atoms in total. The van der Waals surface area contributed by atoms with Crippen molar-refractivity contribution in [3.8, 4) is 0 Å². The Labute approximate surface area is 104 Å². The predicted octanol–water partition coefficient (Wildman–Crippen LogP) is 1.78. The van der Waals surface area contributed by atoms with E-state index in [1.54, 1.807) is 0 Å². The number of piperidine rings is 1. The van der Waals surface area contributed by atoms with E-state index in [0.717, 1.165) is 12.1 Å². The molecule has 0 aliphatic carbocycles. The number of benzene rings is 1. The summed E-state index contributed by atoms with van der Waals surface area (Å²) in [6.45, 7) is 3.37. The van der Waals surface area contributed by atoms with Gasteiger partial charge in [-0.15, -0.1) is 0 Å². The summed E-state index contributed by atoms with van der Waals surface area (Å²) in [6.07, 6.45) is 3.95. The third kappa shape index (κ3) is 4.13. The summed E-state index contributed by atoms with van der Waals surface area (Å²) in [5.74, 6) is 0.152. The predicted molar refractivity (Wildman–Crippen MR) is 69.6 cm³/mol. The number of nitrogens with zero attached hydrogens (tertiary/aromatic N) is 1. The van der Waals surface area contributed by atoms with Gasteiger partial charge < -0.3 is 0 Å². The first kappa shape index (κ1) is 12.6. The maximum atomic E-state index is 10.6. The highest BCUT2D eigenvalue weighted by Gasteiger charge is 2.10.